The van der Waals surface area contributed by atoms with Crippen LogP contribution in [-0.4, -0.2) is 6.54 Å². The third kappa shape index (κ3) is 3.84. The molecule has 0 bridgehead atoms. The zero-order valence-corrected chi connectivity index (χ0v) is 10.4. The van der Waals surface area contributed by atoms with Gasteiger partial charge in [0.25, 0.3) is 0 Å². The van der Waals surface area contributed by atoms with E-state index in [1.807, 2.05) is 30.3 Å². The molecule has 0 aliphatic rings. The monoisotopic (exact) mass is 255 g/mol. The van der Waals surface area contributed by atoms with Crippen molar-refractivity contribution >= 4 is 0 Å². The maximum Gasteiger partial charge on any atom is 0.131 e. The molecule has 96 valence electrons. The molecule has 2 N–H and O–H groups in total. The molecule has 0 radical (unpaired) electrons. The topological polar surface area (TPSA) is 35.2 Å². The molecule has 2 rings (SSSR count). The van der Waals surface area contributed by atoms with E-state index in [0.717, 1.165) is 0 Å². The third-order valence-electron chi connectivity index (χ3n) is 2.53. The van der Waals surface area contributed by atoms with Gasteiger partial charge in [0.15, 0.2) is 0 Å². The SMILES string of the molecule is NCC#Cc1ccc(COc2ccccc2)c(F)c1. The summed E-state index contributed by atoms with van der Waals surface area (Å²) in [6.45, 7) is 0.459. The highest BCUT2D eigenvalue weighted by atomic mass is 19.1. The van der Waals surface area contributed by atoms with E-state index in [1.54, 1.807) is 12.1 Å². The van der Waals surface area contributed by atoms with Gasteiger partial charge in [0.2, 0.25) is 0 Å². The molecular weight excluding hydrogens is 241 g/mol. The number of hydrogen-bond donors (Lipinski definition) is 1. The second-order valence-electron chi connectivity index (χ2n) is 3.91. The molecule has 0 fully saturated rings. The van der Waals surface area contributed by atoms with Gasteiger partial charge in [-0.1, -0.05) is 36.1 Å². The van der Waals surface area contributed by atoms with Crippen LogP contribution >= 0.6 is 0 Å². The first-order valence-corrected chi connectivity index (χ1v) is 5.95. The van der Waals surface area contributed by atoms with Gasteiger partial charge in [0, 0.05) is 11.1 Å². The van der Waals surface area contributed by atoms with Crippen LogP contribution in [0.1, 0.15) is 11.1 Å². The molecular formula is C16H14FNO. The number of rotatable bonds is 3. The van der Waals surface area contributed by atoms with E-state index in [1.165, 1.54) is 6.07 Å². The van der Waals surface area contributed by atoms with E-state index in [4.69, 9.17) is 10.5 Å². The first kappa shape index (κ1) is 13.1. The van der Waals surface area contributed by atoms with Crippen LogP contribution in [0.3, 0.4) is 0 Å². The lowest BCUT2D eigenvalue weighted by molar-refractivity contribution is 0.300. The van der Waals surface area contributed by atoms with Gasteiger partial charge in [0.1, 0.15) is 18.2 Å². The molecule has 3 heteroatoms. The molecule has 0 unspecified atom stereocenters. The first-order valence-electron chi connectivity index (χ1n) is 5.95. The Kier molecular flexibility index (Phi) is 4.54. The summed E-state index contributed by atoms with van der Waals surface area (Å²) in [6, 6.07) is 14.1. The summed E-state index contributed by atoms with van der Waals surface area (Å²) in [5, 5.41) is 0. The fourth-order valence-corrected chi connectivity index (χ4v) is 1.57. The lowest BCUT2D eigenvalue weighted by atomic mass is 10.1. The van der Waals surface area contributed by atoms with Crippen LogP contribution < -0.4 is 10.5 Å². The van der Waals surface area contributed by atoms with Gasteiger partial charge in [0.05, 0.1) is 6.54 Å². The summed E-state index contributed by atoms with van der Waals surface area (Å²) >= 11 is 0. The van der Waals surface area contributed by atoms with Gasteiger partial charge < -0.3 is 10.5 Å². The van der Waals surface area contributed by atoms with Crippen molar-refractivity contribution in [3.05, 3.63) is 65.5 Å². The number of ether oxygens (including phenoxy) is 1. The van der Waals surface area contributed by atoms with Gasteiger partial charge in [-0.3, -0.25) is 0 Å². The largest absolute Gasteiger partial charge is 0.489 e. The van der Waals surface area contributed by atoms with Crippen LogP contribution in [0.5, 0.6) is 5.75 Å². The summed E-state index contributed by atoms with van der Waals surface area (Å²) in [6.07, 6.45) is 0. The maximum atomic E-state index is 13.8. The van der Waals surface area contributed by atoms with Gasteiger partial charge in [-0.25, -0.2) is 4.39 Å². The second-order valence-corrected chi connectivity index (χ2v) is 3.91. The van der Waals surface area contributed by atoms with Crippen molar-refractivity contribution in [2.45, 2.75) is 6.61 Å². The minimum absolute atomic E-state index is 0.195. The predicted octanol–water partition coefficient (Wildman–Crippen LogP) is 2.71. The van der Waals surface area contributed by atoms with Crippen LogP contribution in [0.4, 0.5) is 4.39 Å². The number of para-hydroxylation sites is 1. The minimum atomic E-state index is -0.320. The fraction of sp³-hybridized carbons (Fsp3) is 0.125. The van der Waals surface area contributed by atoms with Crippen LogP contribution in [0.15, 0.2) is 48.5 Å². The summed E-state index contributed by atoms with van der Waals surface area (Å²) < 4.78 is 19.3. The molecule has 0 amide bonds. The number of hydrogen-bond acceptors (Lipinski definition) is 2. The zero-order valence-electron chi connectivity index (χ0n) is 10.4. The van der Waals surface area contributed by atoms with Crippen molar-refractivity contribution in [3.63, 3.8) is 0 Å². The standard InChI is InChI=1S/C16H14FNO/c17-16-11-13(5-4-10-18)8-9-14(16)12-19-15-6-2-1-3-7-15/h1-3,6-9,11H,10,12,18H2. The molecule has 2 aromatic carbocycles. The summed E-state index contributed by atoms with van der Waals surface area (Å²) in [5.74, 6) is 5.88. The van der Waals surface area contributed by atoms with Crippen molar-refractivity contribution in [2.24, 2.45) is 5.73 Å². The molecule has 0 aliphatic carbocycles. The molecule has 2 nitrogen and oxygen atoms in total. The Morgan fingerprint density at radius 2 is 1.89 bits per heavy atom. The summed E-state index contributed by atoms with van der Waals surface area (Å²) in [5.41, 5.74) is 6.39. The average Bonchev–Trinajstić information content (AvgIpc) is 2.45. The Morgan fingerprint density at radius 1 is 1.11 bits per heavy atom. The molecule has 0 saturated heterocycles. The summed E-state index contributed by atoms with van der Waals surface area (Å²) in [4.78, 5) is 0. The molecule has 0 heterocycles. The molecule has 0 aliphatic heterocycles. The van der Waals surface area contributed by atoms with Crippen molar-refractivity contribution < 1.29 is 9.13 Å². The van der Waals surface area contributed by atoms with E-state index in [0.29, 0.717) is 16.9 Å². The number of nitrogens with two attached hydrogens (primary N) is 1. The van der Waals surface area contributed by atoms with Crippen molar-refractivity contribution in [2.75, 3.05) is 6.54 Å². The van der Waals surface area contributed by atoms with Crippen LogP contribution in [-0.2, 0) is 6.61 Å². The zero-order chi connectivity index (χ0) is 13.5. The quantitative estimate of drug-likeness (QED) is 0.856. The van der Waals surface area contributed by atoms with E-state index in [9.17, 15) is 4.39 Å². The fourth-order valence-electron chi connectivity index (χ4n) is 1.57. The lowest BCUT2D eigenvalue weighted by Gasteiger charge is -2.07. The van der Waals surface area contributed by atoms with Crippen molar-refractivity contribution in [3.8, 4) is 17.6 Å². The highest BCUT2D eigenvalue weighted by molar-refractivity contribution is 5.37. The van der Waals surface area contributed by atoms with Crippen LogP contribution in [0.25, 0.3) is 0 Å². The molecule has 0 saturated carbocycles. The van der Waals surface area contributed by atoms with Crippen molar-refractivity contribution in [1.82, 2.24) is 0 Å². The highest BCUT2D eigenvalue weighted by Gasteiger charge is 2.03. The highest BCUT2D eigenvalue weighted by Crippen LogP contribution is 2.14. The molecule has 0 spiro atoms. The normalized spacial score (nSPS) is 9.58. The molecule has 19 heavy (non-hydrogen) atoms. The second kappa shape index (κ2) is 6.58. The van der Waals surface area contributed by atoms with Crippen LogP contribution in [0.2, 0.25) is 0 Å². The first-order chi connectivity index (χ1) is 9.29. The van der Waals surface area contributed by atoms with Gasteiger partial charge in [-0.15, -0.1) is 0 Å². The Hall–Kier alpha value is -2.31. The summed E-state index contributed by atoms with van der Waals surface area (Å²) in [7, 11) is 0. The van der Waals surface area contributed by atoms with Crippen molar-refractivity contribution in [1.29, 1.82) is 0 Å². The average molecular weight is 255 g/mol. The lowest BCUT2D eigenvalue weighted by Crippen LogP contribution is -1.99. The van der Waals surface area contributed by atoms with E-state index in [2.05, 4.69) is 11.8 Å². The Bertz CT molecular complexity index is 599. The molecule has 0 aromatic heterocycles. The van der Waals surface area contributed by atoms with Gasteiger partial charge >= 0.3 is 0 Å². The molecule has 0 atom stereocenters. The Labute approximate surface area is 112 Å². The van der Waals surface area contributed by atoms with Gasteiger partial charge in [-0.05, 0) is 24.3 Å². The smallest absolute Gasteiger partial charge is 0.131 e. The van der Waals surface area contributed by atoms with E-state index >= 15 is 0 Å². The van der Waals surface area contributed by atoms with Crippen LogP contribution in [0, 0.1) is 17.7 Å². The van der Waals surface area contributed by atoms with E-state index < -0.39 is 0 Å². The predicted molar refractivity (Wildman–Crippen MR) is 73.1 cm³/mol. The maximum absolute atomic E-state index is 13.8. The third-order valence-corrected chi connectivity index (χ3v) is 2.53. The Morgan fingerprint density at radius 3 is 2.58 bits per heavy atom. The Balaban J connectivity index is 2.05. The molecule has 2 aromatic rings. The number of benzene rings is 2. The van der Waals surface area contributed by atoms with Gasteiger partial charge in [-0.2, -0.15) is 0 Å². The van der Waals surface area contributed by atoms with E-state index in [-0.39, 0.29) is 19.0 Å². The number of halogens is 1. The minimum Gasteiger partial charge on any atom is -0.489 e.